The van der Waals surface area contributed by atoms with Gasteiger partial charge in [-0.05, 0) is 24.3 Å². The van der Waals surface area contributed by atoms with Crippen molar-refractivity contribution in [2.45, 2.75) is 25.2 Å². The second-order valence-electron chi connectivity index (χ2n) is 6.41. The molecule has 4 nitrogen and oxygen atoms in total. The quantitative estimate of drug-likeness (QED) is 0.727. The molecule has 0 aliphatic heterocycles. The highest BCUT2D eigenvalue weighted by molar-refractivity contribution is 6.10. The summed E-state index contributed by atoms with van der Waals surface area (Å²) >= 11 is 0. The normalized spacial score (nSPS) is 16.3. The third-order valence-electron chi connectivity index (χ3n) is 4.96. The van der Waals surface area contributed by atoms with Gasteiger partial charge in [-0.1, -0.05) is 59.8 Å². The third kappa shape index (κ3) is 2.84. The van der Waals surface area contributed by atoms with E-state index in [0.29, 0.717) is 0 Å². The molecule has 1 aliphatic carbocycles. The van der Waals surface area contributed by atoms with Gasteiger partial charge in [0.1, 0.15) is 0 Å². The average Bonchev–Trinajstić information content (AvgIpc) is 3.10. The monoisotopic (exact) mass is 332 g/mol. The van der Waals surface area contributed by atoms with Crippen LogP contribution in [0.5, 0.6) is 0 Å². The number of benzene rings is 2. The lowest BCUT2D eigenvalue weighted by molar-refractivity contribution is 0.103. The molecule has 0 amide bonds. The van der Waals surface area contributed by atoms with E-state index < -0.39 is 0 Å². The molecule has 0 fully saturated rings. The predicted molar refractivity (Wildman–Crippen MR) is 97.1 cm³/mol. The van der Waals surface area contributed by atoms with Crippen LogP contribution in [0, 0.1) is 0 Å². The molecule has 1 heterocycles. The Morgan fingerprint density at radius 3 is 2.68 bits per heavy atom. The molecule has 25 heavy (non-hydrogen) atoms. The fourth-order valence-corrected chi connectivity index (χ4v) is 3.68. The van der Waals surface area contributed by atoms with Gasteiger partial charge in [0.05, 0.1) is 5.69 Å². The molecule has 1 N–H and O–H groups in total. The second-order valence-corrected chi connectivity index (χ2v) is 6.41. The number of hydrogen-bond donors (Lipinski definition) is 1. The summed E-state index contributed by atoms with van der Waals surface area (Å²) in [5, 5.41) is 7.27. The molecule has 4 heteroatoms. The zero-order valence-corrected chi connectivity index (χ0v) is 14.2. The van der Waals surface area contributed by atoms with Crippen LogP contribution in [0.25, 0.3) is 0 Å². The van der Waals surface area contributed by atoms with Gasteiger partial charge < -0.3 is 9.84 Å². The molecule has 4 rings (SSSR count). The van der Waals surface area contributed by atoms with Gasteiger partial charge in [-0.3, -0.25) is 4.79 Å². The zero-order chi connectivity index (χ0) is 17.2. The number of nitrogens with zero attached hydrogens (tertiary/aromatic N) is 1. The minimum Gasteiger partial charge on any atom is -0.357 e. The van der Waals surface area contributed by atoms with E-state index in [2.05, 4.69) is 16.5 Å². The van der Waals surface area contributed by atoms with Crippen molar-refractivity contribution < 1.29 is 9.32 Å². The number of aromatic nitrogens is 1. The lowest BCUT2D eigenvalue weighted by atomic mass is 9.80. The van der Waals surface area contributed by atoms with Gasteiger partial charge in [-0.15, -0.1) is 0 Å². The Balaban J connectivity index is 1.67. The molecule has 1 unspecified atom stereocenters. The van der Waals surface area contributed by atoms with Gasteiger partial charge >= 0.3 is 0 Å². The molecule has 0 saturated carbocycles. The Labute approximate surface area is 146 Å². The Bertz CT molecular complexity index is 899. The first-order valence-electron chi connectivity index (χ1n) is 8.61. The first kappa shape index (κ1) is 15.6. The van der Waals surface area contributed by atoms with E-state index in [1.807, 2.05) is 55.6 Å². The number of carbonyl (C=O) groups is 1. The molecule has 3 aromatic rings. The van der Waals surface area contributed by atoms with E-state index in [-0.39, 0.29) is 11.7 Å². The maximum absolute atomic E-state index is 13.0. The van der Waals surface area contributed by atoms with Crippen LogP contribution in [-0.4, -0.2) is 18.0 Å². The summed E-state index contributed by atoms with van der Waals surface area (Å²) in [6, 6.07) is 17.4. The summed E-state index contributed by atoms with van der Waals surface area (Å²) < 4.78 is 5.37. The Morgan fingerprint density at radius 2 is 1.88 bits per heavy atom. The van der Waals surface area contributed by atoms with Gasteiger partial charge in [0.25, 0.3) is 0 Å². The Morgan fingerprint density at radius 1 is 1.12 bits per heavy atom. The number of anilines is 1. The number of carbonyl (C=O) groups excluding carboxylic acids is 1. The van der Waals surface area contributed by atoms with Crippen molar-refractivity contribution in [3.8, 4) is 0 Å². The summed E-state index contributed by atoms with van der Waals surface area (Å²) in [6.07, 6.45) is 2.70. The summed E-state index contributed by atoms with van der Waals surface area (Å²) in [5.74, 6) is 1.13. The van der Waals surface area contributed by atoms with Crippen molar-refractivity contribution in [1.82, 2.24) is 5.16 Å². The van der Waals surface area contributed by atoms with Crippen molar-refractivity contribution in [3.63, 3.8) is 0 Å². The van der Waals surface area contributed by atoms with Gasteiger partial charge in [0.15, 0.2) is 5.78 Å². The van der Waals surface area contributed by atoms with E-state index in [9.17, 15) is 4.79 Å². The van der Waals surface area contributed by atoms with Crippen molar-refractivity contribution in [2.24, 2.45) is 0 Å². The maximum atomic E-state index is 13.0. The fraction of sp³-hybridized carbons (Fsp3) is 0.238. The fourth-order valence-electron chi connectivity index (χ4n) is 3.68. The van der Waals surface area contributed by atoms with Gasteiger partial charge in [0, 0.05) is 30.2 Å². The number of fused-ring (bicyclic) bond motifs is 1. The molecule has 0 spiro atoms. The van der Waals surface area contributed by atoms with Crippen LogP contribution < -0.4 is 5.32 Å². The molecule has 126 valence electrons. The van der Waals surface area contributed by atoms with Crippen molar-refractivity contribution in [2.75, 3.05) is 12.4 Å². The SMILES string of the molecule is CNc1onc2c1CCC(c1ccccc1C(=O)c1ccccc1)C2. The van der Waals surface area contributed by atoms with Crippen LogP contribution in [0.15, 0.2) is 59.1 Å². The maximum Gasteiger partial charge on any atom is 0.227 e. The largest absolute Gasteiger partial charge is 0.357 e. The van der Waals surface area contributed by atoms with Crippen molar-refractivity contribution in [3.05, 3.63) is 82.5 Å². The summed E-state index contributed by atoms with van der Waals surface area (Å²) in [6.45, 7) is 0. The minimum atomic E-state index is 0.0815. The van der Waals surface area contributed by atoms with Gasteiger partial charge in [-0.2, -0.15) is 0 Å². The average molecular weight is 332 g/mol. The van der Waals surface area contributed by atoms with Crippen LogP contribution in [0.1, 0.15) is 45.1 Å². The van der Waals surface area contributed by atoms with E-state index in [0.717, 1.165) is 47.5 Å². The highest BCUT2D eigenvalue weighted by Crippen LogP contribution is 2.37. The van der Waals surface area contributed by atoms with Crippen LogP contribution in [0.2, 0.25) is 0 Å². The third-order valence-corrected chi connectivity index (χ3v) is 4.96. The van der Waals surface area contributed by atoms with E-state index in [4.69, 9.17) is 4.52 Å². The first-order chi connectivity index (χ1) is 12.3. The van der Waals surface area contributed by atoms with Crippen LogP contribution in [0.3, 0.4) is 0 Å². The minimum absolute atomic E-state index is 0.0815. The number of nitrogens with one attached hydrogen (secondary N) is 1. The van der Waals surface area contributed by atoms with Gasteiger partial charge in [0.2, 0.25) is 5.88 Å². The van der Waals surface area contributed by atoms with E-state index in [1.165, 1.54) is 5.56 Å². The molecule has 1 aromatic heterocycles. The predicted octanol–water partition coefficient (Wildman–Crippen LogP) is 4.22. The standard InChI is InChI=1S/C21H20N2O2/c1-22-21-18-12-11-15(13-19(18)23-25-21)16-9-5-6-10-17(16)20(24)14-7-3-2-4-8-14/h2-10,15,22H,11-13H2,1H3. The molecule has 1 aliphatic rings. The topological polar surface area (TPSA) is 55.1 Å². The summed E-state index contributed by atoms with van der Waals surface area (Å²) in [7, 11) is 1.85. The summed E-state index contributed by atoms with van der Waals surface area (Å²) in [5.41, 5.74) is 4.80. The van der Waals surface area contributed by atoms with Crippen molar-refractivity contribution in [1.29, 1.82) is 0 Å². The molecule has 2 aromatic carbocycles. The Kier molecular flexibility index (Phi) is 4.10. The zero-order valence-electron chi connectivity index (χ0n) is 14.2. The number of ketones is 1. The van der Waals surface area contributed by atoms with Gasteiger partial charge in [-0.25, -0.2) is 0 Å². The smallest absolute Gasteiger partial charge is 0.227 e. The van der Waals surface area contributed by atoms with Crippen LogP contribution in [-0.2, 0) is 12.8 Å². The first-order valence-corrected chi connectivity index (χ1v) is 8.61. The molecule has 1 atom stereocenters. The molecular formula is C21H20N2O2. The number of hydrogen-bond acceptors (Lipinski definition) is 4. The van der Waals surface area contributed by atoms with E-state index in [1.54, 1.807) is 0 Å². The lowest BCUT2D eigenvalue weighted by Crippen LogP contribution is -2.16. The lowest BCUT2D eigenvalue weighted by Gasteiger charge is -2.23. The van der Waals surface area contributed by atoms with Crippen LogP contribution >= 0.6 is 0 Å². The highest BCUT2D eigenvalue weighted by Gasteiger charge is 2.28. The molecule has 0 saturated heterocycles. The molecule has 0 bridgehead atoms. The molecular weight excluding hydrogens is 312 g/mol. The van der Waals surface area contributed by atoms with Crippen molar-refractivity contribution >= 4 is 11.7 Å². The van der Waals surface area contributed by atoms with Crippen LogP contribution in [0.4, 0.5) is 5.88 Å². The second kappa shape index (κ2) is 6.55. The Hall–Kier alpha value is -2.88. The van der Waals surface area contributed by atoms with E-state index >= 15 is 0 Å². The molecule has 0 radical (unpaired) electrons. The summed E-state index contributed by atoms with van der Waals surface area (Å²) in [4.78, 5) is 13.0. The number of rotatable bonds is 4. The highest BCUT2D eigenvalue weighted by atomic mass is 16.5.